The monoisotopic (exact) mass is 432 g/mol. The van der Waals surface area contributed by atoms with Crippen LogP contribution in [0, 0.1) is 0 Å². The third-order valence-electron chi connectivity index (χ3n) is 3.96. The van der Waals surface area contributed by atoms with E-state index in [0.29, 0.717) is 30.5 Å². The molecule has 0 aliphatic carbocycles. The number of carbonyl (C=O) groups excluding carboxylic acids is 1. The van der Waals surface area contributed by atoms with Gasteiger partial charge in [0.25, 0.3) is 5.22 Å². The smallest absolute Gasteiger partial charge is 0.277 e. The Kier molecular flexibility index (Phi) is 7.02. The summed E-state index contributed by atoms with van der Waals surface area (Å²) in [6, 6.07) is 16.0. The van der Waals surface area contributed by atoms with Crippen molar-refractivity contribution in [2.75, 3.05) is 12.3 Å². The topological polar surface area (TPSA) is 128 Å². The highest BCUT2D eigenvalue weighted by Gasteiger charge is 2.10. The third-order valence-corrected chi connectivity index (χ3v) is 5.71. The van der Waals surface area contributed by atoms with Crippen LogP contribution in [0.5, 0.6) is 0 Å². The molecule has 29 heavy (non-hydrogen) atoms. The van der Waals surface area contributed by atoms with E-state index < -0.39 is 10.0 Å². The first-order valence-corrected chi connectivity index (χ1v) is 11.3. The molecule has 0 saturated carbocycles. The van der Waals surface area contributed by atoms with Gasteiger partial charge in [-0.2, -0.15) is 0 Å². The van der Waals surface area contributed by atoms with Gasteiger partial charge in [-0.1, -0.05) is 54.2 Å². The van der Waals surface area contributed by atoms with E-state index in [1.807, 2.05) is 30.3 Å². The molecule has 2 aromatic carbocycles. The molecule has 0 aliphatic heterocycles. The lowest BCUT2D eigenvalue weighted by atomic mass is 10.1. The zero-order valence-corrected chi connectivity index (χ0v) is 17.1. The predicted octanol–water partition coefficient (Wildman–Crippen LogP) is 1.76. The number of nitrogens with zero attached hydrogens (tertiary/aromatic N) is 2. The molecule has 0 saturated heterocycles. The van der Waals surface area contributed by atoms with E-state index in [-0.39, 0.29) is 16.6 Å². The van der Waals surface area contributed by atoms with Crippen LogP contribution < -0.4 is 10.5 Å². The number of thioether (sulfide) groups is 1. The number of nitrogens with one attached hydrogen (secondary N) is 1. The Morgan fingerprint density at radius 2 is 1.76 bits per heavy atom. The Morgan fingerprint density at radius 3 is 2.45 bits per heavy atom. The zero-order chi connectivity index (χ0) is 20.7. The van der Waals surface area contributed by atoms with E-state index in [2.05, 4.69) is 15.5 Å². The number of hydrogen-bond acceptors (Lipinski definition) is 7. The fourth-order valence-corrected chi connectivity index (χ4v) is 3.63. The molecule has 0 spiro atoms. The minimum absolute atomic E-state index is 0.0628. The number of nitrogens with two attached hydrogens (primary N) is 1. The van der Waals surface area contributed by atoms with Crippen LogP contribution in [0.25, 0.3) is 0 Å². The number of hydrogen-bond donors (Lipinski definition) is 2. The zero-order valence-electron chi connectivity index (χ0n) is 15.4. The number of carbonyl (C=O) groups is 1. The van der Waals surface area contributed by atoms with Gasteiger partial charge in [0.15, 0.2) is 0 Å². The highest BCUT2D eigenvalue weighted by molar-refractivity contribution is 7.99. The van der Waals surface area contributed by atoms with Crippen molar-refractivity contribution >= 4 is 27.7 Å². The van der Waals surface area contributed by atoms with E-state index in [9.17, 15) is 13.2 Å². The second-order valence-electron chi connectivity index (χ2n) is 6.20. The van der Waals surface area contributed by atoms with Crippen molar-refractivity contribution in [3.05, 3.63) is 71.6 Å². The molecule has 10 heteroatoms. The maximum absolute atomic E-state index is 12.0. The third kappa shape index (κ3) is 6.70. The Morgan fingerprint density at radius 1 is 1.03 bits per heavy atom. The number of benzene rings is 2. The van der Waals surface area contributed by atoms with Crippen molar-refractivity contribution < 1.29 is 17.6 Å². The van der Waals surface area contributed by atoms with Gasteiger partial charge in [0.1, 0.15) is 0 Å². The van der Waals surface area contributed by atoms with Gasteiger partial charge in [0.05, 0.1) is 17.1 Å². The van der Waals surface area contributed by atoms with Crippen LogP contribution in [0.2, 0.25) is 0 Å². The lowest BCUT2D eigenvalue weighted by Crippen LogP contribution is -2.27. The van der Waals surface area contributed by atoms with Gasteiger partial charge < -0.3 is 9.73 Å². The fourth-order valence-electron chi connectivity index (χ4n) is 2.51. The van der Waals surface area contributed by atoms with Crippen molar-refractivity contribution in [3.63, 3.8) is 0 Å². The van der Waals surface area contributed by atoms with E-state index >= 15 is 0 Å². The molecule has 1 aromatic heterocycles. The van der Waals surface area contributed by atoms with Crippen molar-refractivity contribution in [3.8, 4) is 0 Å². The maximum Gasteiger partial charge on any atom is 0.277 e. The molecule has 8 nitrogen and oxygen atoms in total. The molecule has 0 aliphatic rings. The average Bonchev–Trinajstić information content (AvgIpc) is 3.14. The second kappa shape index (κ2) is 9.68. The highest BCUT2D eigenvalue weighted by atomic mass is 32.2. The largest absolute Gasteiger partial charge is 0.416 e. The van der Waals surface area contributed by atoms with Gasteiger partial charge in [-0.15, -0.1) is 10.2 Å². The van der Waals surface area contributed by atoms with E-state index in [4.69, 9.17) is 9.56 Å². The molecule has 0 unspecified atom stereocenters. The normalized spacial score (nSPS) is 11.3. The molecular formula is C19H20N4O4S2. The molecule has 1 amide bonds. The molecule has 0 radical (unpaired) electrons. The number of amides is 1. The SMILES string of the molecule is NS(=O)(=O)c1ccc(CCNC(=O)CSc2nnc(Cc3ccccc3)o2)cc1. The van der Waals surface area contributed by atoms with Crippen LogP contribution in [0.15, 0.2) is 69.1 Å². The Labute approximate surface area is 173 Å². The quantitative estimate of drug-likeness (QED) is 0.493. The van der Waals surface area contributed by atoms with Crippen molar-refractivity contribution in [2.45, 2.75) is 23.0 Å². The molecular weight excluding hydrogens is 412 g/mol. The Hall–Kier alpha value is -2.69. The summed E-state index contributed by atoms with van der Waals surface area (Å²) in [7, 11) is -3.70. The van der Waals surface area contributed by atoms with Crippen molar-refractivity contribution in [1.29, 1.82) is 0 Å². The molecule has 0 atom stereocenters. The van der Waals surface area contributed by atoms with E-state index in [1.54, 1.807) is 12.1 Å². The van der Waals surface area contributed by atoms with Crippen LogP contribution in [0.1, 0.15) is 17.0 Å². The van der Waals surface area contributed by atoms with Crippen molar-refractivity contribution in [1.82, 2.24) is 15.5 Å². The van der Waals surface area contributed by atoms with Gasteiger partial charge >= 0.3 is 0 Å². The Balaban J connectivity index is 1.39. The molecule has 3 rings (SSSR count). The Bertz CT molecular complexity index is 1050. The number of primary sulfonamides is 1. The molecule has 3 aromatic rings. The molecule has 152 valence electrons. The van der Waals surface area contributed by atoms with E-state index in [1.165, 1.54) is 23.9 Å². The number of sulfonamides is 1. The summed E-state index contributed by atoms with van der Waals surface area (Å²) in [5, 5.41) is 16.2. The molecule has 3 N–H and O–H groups in total. The summed E-state index contributed by atoms with van der Waals surface area (Å²) in [4.78, 5) is 12.0. The number of rotatable bonds is 9. The number of aromatic nitrogens is 2. The van der Waals surface area contributed by atoms with E-state index in [0.717, 1.165) is 11.1 Å². The first-order chi connectivity index (χ1) is 13.9. The fraction of sp³-hybridized carbons (Fsp3) is 0.211. The first kappa shape index (κ1) is 21.0. The minimum Gasteiger partial charge on any atom is -0.416 e. The van der Waals surface area contributed by atoms with Gasteiger partial charge in [-0.25, -0.2) is 13.6 Å². The summed E-state index contributed by atoms with van der Waals surface area (Å²) in [5.74, 6) is 0.512. The predicted molar refractivity (Wildman–Crippen MR) is 109 cm³/mol. The van der Waals surface area contributed by atoms with Crippen LogP contribution in [0.3, 0.4) is 0 Å². The van der Waals surface area contributed by atoms with Crippen LogP contribution in [0.4, 0.5) is 0 Å². The summed E-state index contributed by atoms with van der Waals surface area (Å²) >= 11 is 1.18. The standard InChI is InChI=1S/C19H20N4O4S2/c20-29(25,26)16-8-6-14(7-9-16)10-11-21-17(24)13-28-19-23-22-18(27-19)12-15-4-2-1-3-5-15/h1-9H,10-13H2,(H,21,24)(H2,20,25,26). The summed E-state index contributed by atoms with van der Waals surface area (Å²) in [6.45, 7) is 0.428. The van der Waals surface area contributed by atoms with Gasteiger partial charge in [-0.3, -0.25) is 4.79 Å². The second-order valence-corrected chi connectivity index (χ2v) is 8.69. The first-order valence-electron chi connectivity index (χ1n) is 8.78. The molecule has 0 fully saturated rings. The summed E-state index contributed by atoms with van der Waals surface area (Å²) < 4.78 is 28.0. The van der Waals surface area contributed by atoms with Gasteiger partial charge in [0.2, 0.25) is 21.8 Å². The summed E-state index contributed by atoms with van der Waals surface area (Å²) in [6.07, 6.45) is 1.12. The van der Waals surface area contributed by atoms with Crippen molar-refractivity contribution in [2.24, 2.45) is 5.14 Å². The lowest BCUT2D eigenvalue weighted by Gasteiger charge is -2.05. The van der Waals surface area contributed by atoms with Crippen LogP contribution >= 0.6 is 11.8 Å². The van der Waals surface area contributed by atoms with Gasteiger partial charge in [-0.05, 0) is 29.7 Å². The lowest BCUT2D eigenvalue weighted by molar-refractivity contribution is -0.118. The molecule has 0 bridgehead atoms. The maximum atomic E-state index is 12.0. The highest BCUT2D eigenvalue weighted by Crippen LogP contribution is 2.17. The summed E-state index contributed by atoms with van der Waals surface area (Å²) in [5.41, 5.74) is 1.97. The minimum atomic E-state index is -3.70. The van der Waals surface area contributed by atoms with Crippen LogP contribution in [-0.4, -0.2) is 36.8 Å². The van der Waals surface area contributed by atoms with Crippen LogP contribution in [-0.2, 0) is 27.7 Å². The average molecular weight is 433 g/mol. The van der Waals surface area contributed by atoms with Gasteiger partial charge in [0, 0.05) is 6.54 Å². The molecule has 1 heterocycles.